The lowest BCUT2D eigenvalue weighted by molar-refractivity contribution is -0.146. The van der Waals surface area contributed by atoms with E-state index in [2.05, 4.69) is 9.72 Å². The van der Waals surface area contributed by atoms with E-state index < -0.39 is 0 Å². The Morgan fingerprint density at radius 3 is 2.00 bits per heavy atom. The number of hydrogen-bond acceptors (Lipinski definition) is 3. The first kappa shape index (κ1) is 12.6. The molecule has 0 amide bonds. The molecule has 0 N–H and O–H groups in total. The molecule has 0 saturated carbocycles. The Balaban J connectivity index is 0.000000249. The van der Waals surface area contributed by atoms with Gasteiger partial charge in [0.1, 0.15) is 0 Å². The monoisotopic (exact) mass is 195 g/mol. The zero-order valence-electron chi connectivity index (χ0n) is 8.93. The number of carbonyl (C=O) groups is 1. The van der Waals surface area contributed by atoms with Crippen molar-refractivity contribution in [1.29, 1.82) is 0 Å². The number of nitrogens with zero attached hydrogens (tertiary/aromatic N) is 1. The Kier molecular flexibility index (Phi) is 7.42. The van der Waals surface area contributed by atoms with Crippen molar-refractivity contribution in [2.24, 2.45) is 5.92 Å². The van der Waals surface area contributed by atoms with E-state index in [9.17, 15) is 4.79 Å². The predicted octanol–water partition coefficient (Wildman–Crippen LogP) is 2.29. The predicted molar refractivity (Wildman–Crippen MR) is 55.7 cm³/mol. The molecule has 0 aromatic carbocycles. The summed E-state index contributed by atoms with van der Waals surface area (Å²) >= 11 is 0. The second kappa shape index (κ2) is 8.23. The molecule has 0 spiro atoms. The molecule has 0 fully saturated rings. The molecule has 0 radical (unpaired) electrons. The summed E-state index contributed by atoms with van der Waals surface area (Å²) in [5.74, 6) is -0.109. The van der Waals surface area contributed by atoms with Gasteiger partial charge in [-0.25, -0.2) is 0 Å². The van der Waals surface area contributed by atoms with Crippen LogP contribution in [0, 0.1) is 5.92 Å². The smallest absolute Gasteiger partial charge is 0.308 e. The molecule has 3 nitrogen and oxygen atoms in total. The maximum Gasteiger partial charge on any atom is 0.308 e. The fourth-order valence-electron chi connectivity index (χ4n) is 0.622. The molecule has 0 atom stereocenters. The van der Waals surface area contributed by atoms with Gasteiger partial charge in [-0.2, -0.15) is 0 Å². The molecule has 0 aliphatic heterocycles. The van der Waals surface area contributed by atoms with Crippen LogP contribution in [0.25, 0.3) is 0 Å². The third kappa shape index (κ3) is 7.28. The molecule has 3 heteroatoms. The number of carbonyl (C=O) groups excluding carboxylic acids is 1. The summed E-state index contributed by atoms with van der Waals surface area (Å²) < 4.78 is 4.66. The van der Waals surface area contributed by atoms with Crippen molar-refractivity contribution >= 4 is 5.97 Å². The summed E-state index contributed by atoms with van der Waals surface area (Å²) in [7, 11) is 0. The van der Waals surface area contributed by atoms with Crippen LogP contribution in [0.4, 0.5) is 0 Å². The molecule has 78 valence electrons. The van der Waals surface area contributed by atoms with Gasteiger partial charge < -0.3 is 4.74 Å². The lowest BCUT2D eigenvalue weighted by atomic mass is 10.2. The van der Waals surface area contributed by atoms with Crippen LogP contribution >= 0.6 is 0 Å². The van der Waals surface area contributed by atoms with Gasteiger partial charge in [0.25, 0.3) is 0 Å². The highest BCUT2D eigenvalue weighted by molar-refractivity contribution is 5.71. The zero-order chi connectivity index (χ0) is 10.8. The number of hydrogen-bond donors (Lipinski definition) is 0. The first-order valence-corrected chi connectivity index (χ1v) is 4.70. The van der Waals surface area contributed by atoms with Crippen LogP contribution in [0.1, 0.15) is 20.8 Å². The van der Waals surface area contributed by atoms with E-state index in [1.807, 2.05) is 32.0 Å². The van der Waals surface area contributed by atoms with Crippen molar-refractivity contribution in [1.82, 2.24) is 4.98 Å². The molecule has 0 unspecified atom stereocenters. The normalized spacial score (nSPS) is 8.86. The third-order valence-corrected chi connectivity index (χ3v) is 1.32. The SMILES string of the molecule is CCOC(=O)C(C)C.c1ccncc1. The van der Waals surface area contributed by atoms with Gasteiger partial charge in [0.2, 0.25) is 0 Å². The Hall–Kier alpha value is -1.38. The number of aromatic nitrogens is 1. The maximum atomic E-state index is 10.5. The van der Waals surface area contributed by atoms with Crippen LogP contribution < -0.4 is 0 Å². The fraction of sp³-hybridized carbons (Fsp3) is 0.455. The molecule has 0 aliphatic carbocycles. The van der Waals surface area contributed by atoms with Gasteiger partial charge in [0.05, 0.1) is 12.5 Å². The minimum Gasteiger partial charge on any atom is -0.466 e. The summed E-state index contributed by atoms with van der Waals surface area (Å²) in [4.78, 5) is 14.3. The summed E-state index contributed by atoms with van der Waals surface area (Å²) in [5, 5.41) is 0. The highest BCUT2D eigenvalue weighted by Gasteiger charge is 2.04. The van der Waals surface area contributed by atoms with Gasteiger partial charge in [-0.15, -0.1) is 0 Å². The minimum atomic E-state index is -0.118. The average Bonchev–Trinajstić information content (AvgIpc) is 2.21. The molecule has 0 aliphatic rings. The molecule has 1 aromatic rings. The molecule has 0 bridgehead atoms. The Morgan fingerprint density at radius 2 is 1.86 bits per heavy atom. The van der Waals surface area contributed by atoms with E-state index in [1.165, 1.54) is 0 Å². The van der Waals surface area contributed by atoms with Crippen molar-refractivity contribution in [2.75, 3.05) is 6.61 Å². The number of pyridine rings is 1. The van der Waals surface area contributed by atoms with Gasteiger partial charge >= 0.3 is 5.97 Å². The molecular weight excluding hydrogens is 178 g/mol. The number of rotatable bonds is 2. The van der Waals surface area contributed by atoms with Gasteiger partial charge in [-0.1, -0.05) is 19.9 Å². The average molecular weight is 195 g/mol. The fourth-order valence-corrected chi connectivity index (χ4v) is 0.622. The van der Waals surface area contributed by atoms with Crippen LogP contribution in [0.15, 0.2) is 30.6 Å². The largest absolute Gasteiger partial charge is 0.466 e. The van der Waals surface area contributed by atoms with E-state index >= 15 is 0 Å². The van der Waals surface area contributed by atoms with Gasteiger partial charge in [0.15, 0.2) is 0 Å². The molecule has 1 rings (SSSR count). The van der Waals surface area contributed by atoms with E-state index in [1.54, 1.807) is 19.3 Å². The first-order chi connectivity index (χ1) is 6.68. The summed E-state index contributed by atoms with van der Waals surface area (Å²) in [6.07, 6.45) is 3.50. The second-order valence-corrected chi connectivity index (χ2v) is 2.93. The maximum absolute atomic E-state index is 10.5. The molecule has 1 aromatic heterocycles. The highest BCUT2D eigenvalue weighted by Crippen LogP contribution is 1.93. The van der Waals surface area contributed by atoms with E-state index in [0.29, 0.717) is 6.61 Å². The van der Waals surface area contributed by atoms with E-state index in [4.69, 9.17) is 0 Å². The molecule has 14 heavy (non-hydrogen) atoms. The van der Waals surface area contributed by atoms with Crippen molar-refractivity contribution in [3.05, 3.63) is 30.6 Å². The standard InChI is InChI=1S/C6H12O2.C5H5N/c1-4-8-6(7)5(2)3;1-2-4-6-5-3-1/h5H,4H2,1-3H3;1-5H. The molecule has 0 saturated heterocycles. The van der Waals surface area contributed by atoms with Crippen LogP contribution in [-0.4, -0.2) is 17.6 Å². The van der Waals surface area contributed by atoms with Crippen molar-refractivity contribution in [3.63, 3.8) is 0 Å². The van der Waals surface area contributed by atoms with Gasteiger partial charge in [0, 0.05) is 12.4 Å². The Labute approximate surface area is 85.1 Å². The van der Waals surface area contributed by atoms with E-state index in [-0.39, 0.29) is 11.9 Å². The second-order valence-electron chi connectivity index (χ2n) is 2.93. The first-order valence-electron chi connectivity index (χ1n) is 4.70. The highest BCUT2D eigenvalue weighted by atomic mass is 16.5. The van der Waals surface area contributed by atoms with Gasteiger partial charge in [-0.05, 0) is 19.1 Å². The summed E-state index contributed by atoms with van der Waals surface area (Å²) in [5.41, 5.74) is 0. The molecule has 1 heterocycles. The zero-order valence-corrected chi connectivity index (χ0v) is 8.93. The number of ether oxygens (including phenoxy) is 1. The quantitative estimate of drug-likeness (QED) is 0.680. The lowest BCUT2D eigenvalue weighted by Gasteiger charge is -2.01. The lowest BCUT2D eigenvalue weighted by Crippen LogP contribution is -2.10. The van der Waals surface area contributed by atoms with Gasteiger partial charge in [-0.3, -0.25) is 9.78 Å². The summed E-state index contributed by atoms with van der Waals surface area (Å²) in [6.45, 7) is 5.92. The third-order valence-electron chi connectivity index (χ3n) is 1.32. The Bertz CT molecular complexity index is 208. The Morgan fingerprint density at radius 1 is 1.29 bits per heavy atom. The van der Waals surface area contributed by atoms with Crippen LogP contribution in [0.5, 0.6) is 0 Å². The van der Waals surface area contributed by atoms with E-state index in [0.717, 1.165) is 0 Å². The van der Waals surface area contributed by atoms with Crippen LogP contribution in [0.3, 0.4) is 0 Å². The van der Waals surface area contributed by atoms with Crippen LogP contribution in [0.2, 0.25) is 0 Å². The van der Waals surface area contributed by atoms with Crippen LogP contribution in [-0.2, 0) is 9.53 Å². The number of esters is 1. The van der Waals surface area contributed by atoms with Crippen molar-refractivity contribution < 1.29 is 9.53 Å². The summed E-state index contributed by atoms with van der Waals surface area (Å²) in [6, 6.07) is 5.72. The van der Waals surface area contributed by atoms with Crippen molar-refractivity contribution in [3.8, 4) is 0 Å². The topological polar surface area (TPSA) is 39.2 Å². The van der Waals surface area contributed by atoms with Crippen molar-refractivity contribution in [2.45, 2.75) is 20.8 Å². The minimum absolute atomic E-state index is 0.00921. The molecular formula is C11H17NO2.